The molecule has 1 N–H and O–H groups in total. The summed E-state index contributed by atoms with van der Waals surface area (Å²) in [6.45, 7) is 4.53. The number of aryl methyl sites for hydroxylation is 1. The minimum atomic E-state index is -0.00949. The van der Waals surface area contributed by atoms with E-state index >= 15 is 0 Å². The van der Waals surface area contributed by atoms with Crippen molar-refractivity contribution < 1.29 is 0 Å². The molecule has 172 valence electrons. The van der Waals surface area contributed by atoms with Gasteiger partial charge in [0, 0.05) is 49.1 Å². The molecule has 33 heavy (non-hydrogen) atoms. The zero-order valence-corrected chi connectivity index (χ0v) is 20.8. The molecule has 2 atom stereocenters. The maximum atomic E-state index is 5.92. The van der Waals surface area contributed by atoms with Crippen molar-refractivity contribution in [3.63, 3.8) is 0 Å². The van der Waals surface area contributed by atoms with Crippen LogP contribution in [0.15, 0.2) is 54.7 Å². The maximum Gasteiger partial charge on any atom is 0.174 e. The molecule has 5 rings (SSSR count). The van der Waals surface area contributed by atoms with Crippen molar-refractivity contribution in [2.45, 2.75) is 57.7 Å². The molecule has 2 aliphatic rings. The van der Waals surface area contributed by atoms with Crippen molar-refractivity contribution in [2.75, 3.05) is 23.9 Å². The van der Waals surface area contributed by atoms with E-state index in [9.17, 15) is 0 Å². The van der Waals surface area contributed by atoms with Crippen LogP contribution in [0.5, 0.6) is 0 Å². The molecule has 1 aliphatic carbocycles. The van der Waals surface area contributed by atoms with Crippen LogP contribution in [0.2, 0.25) is 0 Å². The van der Waals surface area contributed by atoms with Crippen molar-refractivity contribution >= 4 is 28.7 Å². The van der Waals surface area contributed by atoms with Crippen molar-refractivity contribution in [3.8, 4) is 0 Å². The van der Waals surface area contributed by atoms with Gasteiger partial charge in [0.2, 0.25) is 0 Å². The summed E-state index contributed by atoms with van der Waals surface area (Å²) in [5.74, 6) is 0. The fourth-order valence-corrected chi connectivity index (χ4v) is 6.03. The lowest BCUT2D eigenvalue weighted by molar-refractivity contribution is 0.494. The molecule has 1 aromatic carbocycles. The zero-order chi connectivity index (χ0) is 23.1. The molecule has 1 aliphatic heterocycles. The lowest BCUT2D eigenvalue weighted by Crippen LogP contribution is -2.29. The average molecular weight is 460 g/mol. The lowest BCUT2D eigenvalue weighted by atomic mass is 9.96. The summed E-state index contributed by atoms with van der Waals surface area (Å²) in [6, 6.07) is 17.8. The number of rotatable bonds is 5. The summed E-state index contributed by atoms with van der Waals surface area (Å²) in [5.41, 5.74) is 7.32. The minimum absolute atomic E-state index is 0.00949. The highest BCUT2D eigenvalue weighted by atomic mass is 32.1. The monoisotopic (exact) mass is 459 g/mol. The number of nitrogens with one attached hydrogen (secondary N) is 1. The second-order valence-electron chi connectivity index (χ2n) is 9.54. The van der Waals surface area contributed by atoms with Gasteiger partial charge in [-0.3, -0.25) is 4.98 Å². The van der Waals surface area contributed by atoms with Crippen LogP contribution in [0.25, 0.3) is 0 Å². The number of anilines is 2. The van der Waals surface area contributed by atoms with E-state index < -0.39 is 0 Å². The van der Waals surface area contributed by atoms with Crippen molar-refractivity contribution in [2.24, 2.45) is 0 Å². The highest BCUT2D eigenvalue weighted by molar-refractivity contribution is 7.80. The van der Waals surface area contributed by atoms with E-state index in [1.807, 2.05) is 12.3 Å². The first-order chi connectivity index (χ1) is 16.0. The van der Waals surface area contributed by atoms with E-state index in [4.69, 9.17) is 17.2 Å². The number of benzene rings is 1. The Morgan fingerprint density at radius 3 is 2.39 bits per heavy atom. The first-order valence-electron chi connectivity index (χ1n) is 11.9. The Morgan fingerprint density at radius 1 is 1.03 bits per heavy atom. The second kappa shape index (κ2) is 8.82. The fraction of sp³-hybridized carbons (Fsp3) is 0.407. The highest BCUT2D eigenvalue weighted by Crippen LogP contribution is 2.45. The fourth-order valence-electron chi connectivity index (χ4n) is 5.69. The van der Waals surface area contributed by atoms with Crippen LogP contribution >= 0.6 is 12.2 Å². The third kappa shape index (κ3) is 3.90. The zero-order valence-electron chi connectivity index (χ0n) is 20.0. The maximum absolute atomic E-state index is 5.92. The smallest absolute Gasteiger partial charge is 0.174 e. The van der Waals surface area contributed by atoms with Gasteiger partial charge < -0.3 is 19.7 Å². The van der Waals surface area contributed by atoms with Gasteiger partial charge in [0.1, 0.15) is 0 Å². The van der Waals surface area contributed by atoms with E-state index in [0.29, 0.717) is 6.04 Å². The molecule has 1 saturated carbocycles. The average Bonchev–Trinajstić information content (AvgIpc) is 3.52. The summed E-state index contributed by atoms with van der Waals surface area (Å²) in [4.78, 5) is 9.12. The summed E-state index contributed by atoms with van der Waals surface area (Å²) in [5, 5.41) is 4.35. The van der Waals surface area contributed by atoms with Gasteiger partial charge in [-0.15, -0.1) is 0 Å². The molecule has 0 spiro atoms. The number of hydrogen-bond donors (Lipinski definition) is 1. The highest BCUT2D eigenvalue weighted by Gasteiger charge is 2.42. The van der Waals surface area contributed by atoms with Crippen LogP contribution in [0.1, 0.15) is 66.5 Å². The van der Waals surface area contributed by atoms with E-state index in [-0.39, 0.29) is 12.1 Å². The number of aromatic nitrogens is 2. The predicted molar refractivity (Wildman–Crippen MR) is 140 cm³/mol. The molecule has 2 aromatic heterocycles. The second-order valence-corrected chi connectivity index (χ2v) is 9.93. The SMILES string of the molecule is Cc1cc([C@@H]2[C@H](c3ccccn3)NC(=S)N2c2ccc(N(C)C)cc2)c(C)n1C1CCCC1. The van der Waals surface area contributed by atoms with Gasteiger partial charge in [0.15, 0.2) is 5.11 Å². The molecule has 0 amide bonds. The molecule has 0 unspecified atom stereocenters. The van der Waals surface area contributed by atoms with Gasteiger partial charge >= 0.3 is 0 Å². The third-order valence-electron chi connectivity index (χ3n) is 7.27. The van der Waals surface area contributed by atoms with Gasteiger partial charge in [-0.05, 0) is 86.9 Å². The largest absolute Gasteiger partial charge is 0.378 e. The number of hydrogen-bond acceptors (Lipinski definition) is 3. The van der Waals surface area contributed by atoms with E-state index in [2.05, 4.69) is 90.1 Å². The van der Waals surface area contributed by atoms with Gasteiger partial charge in [0.25, 0.3) is 0 Å². The molecular formula is C27H33N5S. The van der Waals surface area contributed by atoms with Crippen molar-refractivity contribution in [1.82, 2.24) is 14.9 Å². The number of nitrogens with zero attached hydrogens (tertiary/aromatic N) is 4. The van der Waals surface area contributed by atoms with Gasteiger partial charge in [0.05, 0.1) is 17.8 Å². The first kappa shape index (κ1) is 22.0. The Bertz CT molecular complexity index is 1130. The molecule has 6 heteroatoms. The van der Waals surface area contributed by atoms with E-state index in [1.165, 1.54) is 48.3 Å². The minimum Gasteiger partial charge on any atom is -0.378 e. The van der Waals surface area contributed by atoms with Crippen LogP contribution < -0.4 is 15.1 Å². The van der Waals surface area contributed by atoms with E-state index in [0.717, 1.165) is 16.5 Å². The molecule has 3 heterocycles. The lowest BCUT2D eigenvalue weighted by Gasteiger charge is -2.29. The van der Waals surface area contributed by atoms with Crippen LogP contribution in [0.3, 0.4) is 0 Å². The van der Waals surface area contributed by atoms with Gasteiger partial charge in [-0.25, -0.2) is 0 Å². The van der Waals surface area contributed by atoms with Crippen molar-refractivity contribution in [3.05, 3.63) is 77.4 Å². The van der Waals surface area contributed by atoms with Crippen molar-refractivity contribution in [1.29, 1.82) is 0 Å². The quantitative estimate of drug-likeness (QED) is 0.484. The Balaban J connectivity index is 1.62. The predicted octanol–water partition coefficient (Wildman–Crippen LogP) is 5.86. The Morgan fingerprint density at radius 2 is 1.76 bits per heavy atom. The molecule has 3 aromatic rings. The number of thiocarbonyl (C=S) groups is 1. The molecule has 0 bridgehead atoms. The Kier molecular flexibility index (Phi) is 5.87. The number of pyridine rings is 1. The summed E-state index contributed by atoms with van der Waals surface area (Å²) in [7, 11) is 4.13. The molecule has 5 nitrogen and oxygen atoms in total. The molecule has 0 radical (unpaired) electrons. The van der Waals surface area contributed by atoms with Gasteiger partial charge in [-0.1, -0.05) is 18.9 Å². The van der Waals surface area contributed by atoms with Crippen LogP contribution in [0.4, 0.5) is 11.4 Å². The normalized spacial score (nSPS) is 21.0. The van der Waals surface area contributed by atoms with Crippen LogP contribution in [-0.2, 0) is 0 Å². The Hall–Kier alpha value is -2.86. The van der Waals surface area contributed by atoms with Crippen LogP contribution in [0, 0.1) is 13.8 Å². The Labute approximate surface area is 202 Å². The molecule has 1 saturated heterocycles. The summed E-state index contributed by atoms with van der Waals surface area (Å²) < 4.78 is 2.58. The van der Waals surface area contributed by atoms with Crippen LogP contribution in [-0.4, -0.2) is 28.8 Å². The summed E-state index contributed by atoms with van der Waals surface area (Å²) in [6.07, 6.45) is 7.07. The standard InChI is InChI=1S/C27H33N5S/c1-18-17-23(19(2)31(18)21-9-5-6-10-21)26-25(24-11-7-8-16-28-24)29-27(33)32(26)22-14-12-20(13-15-22)30(3)4/h7-8,11-17,21,25-26H,5-6,9-10H2,1-4H3,(H,29,33)/t25-,26+/m0/s1. The first-order valence-corrected chi connectivity index (χ1v) is 12.3. The topological polar surface area (TPSA) is 36.3 Å². The summed E-state index contributed by atoms with van der Waals surface area (Å²) >= 11 is 5.92. The third-order valence-corrected chi connectivity index (χ3v) is 7.59. The molecule has 2 fully saturated rings. The van der Waals surface area contributed by atoms with E-state index in [1.54, 1.807) is 0 Å². The van der Waals surface area contributed by atoms with Gasteiger partial charge in [-0.2, -0.15) is 0 Å². The molecular weight excluding hydrogens is 426 g/mol.